The van der Waals surface area contributed by atoms with Crippen LogP contribution >= 0.6 is 0 Å². The summed E-state index contributed by atoms with van der Waals surface area (Å²) in [6, 6.07) is 3.34. The van der Waals surface area contributed by atoms with E-state index >= 15 is 0 Å². The molecule has 4 amide bonds. The smallest absolute Gasteiger partial charge is 0.237 e. The number of primary amides is 1. The van der Waals surface area contributed by atoms with Gasteiger partial charge in [-0.3, -0.25) is 34.1 Å². The molecule has 0 aliphatic heterocycles. The summed E-state index contributed by atoms with van der Waals surface area (Å²) < 4.78 is 0. The number of aliphatic hydroxyl groups excluding tert-OH is 1. The third-order valence-corrected chi connectivity index (χ3v) is 8.80. The van der Waals surface area contributed by atoms with E-state index in [2.05, 4.69) is 21.3 Å². The van der Waals surface area contributed by atoms with Gasteiger partial charge in [0.25, 0.3) is 0 Å². The number of aliphatic hydroxyl groups is 1. The number of hydrogen-bond donors (Lipinski definition) is 8. The van der Waals surface area contributed by atoms with Gasteiger partial charge in [-0.2, -0.15) is 0 Å². The molecule has 0 spiro atoms. The molecule has 0 aliphatic rings. The number of aromatic hydroxyl groups is 1. The Labute approximate surface area is 302 Å². The number of nitrogens with one attached hydrogen (secondary N) is 4. The highest BCUT2D eigenvalue weighted by atomic mass is 16.3. The molecule has 288 valence electrons. The number of amides is 4. The van der Waals surface area contributed by atoms with Crippen molar-refractivity contribution < 1.29 is 39.0 Å². The number of phenols is 1. The molecule has 0 aliphatic carbocycles. The van der Waals surface area contributed by atoms with E-state index in [1.807, 2.05) is 6.92 Å². The summed E-state index contributed by atoms with van der Waals surface area (Å²) in [6.45, 7) is 3.68. The van der Waals surface area contributed by atoms with Crippen LogP contribution in [0.25, 0.3) is 0 Å². The Kier molecular flexibility index (Phi) is 23.8. The molecule has 1 aromatic rings. The van der Waals surface area contributed by atoms with Gasteiger partial charge in [0.15, 0.2) is 5.78 Å². The van der Waals surface area contributed by atoms with Crippen molar-refractivity contribution in [3.05, 3.63) is 29.8 Å². The Bertz CT molecular complexity index is 1210. The minimum atomic E-state index is -1.11. The zero-order valence-corrected chi connectivity index (χ0v) is 30.6. The molecule has 0 radical (unpaired) electrons. The van der Waals surface area contributed by atoms with Crippen molar-refractivity contribution >= 4 is 35.2 Å². The number of carbonyl (C=O) groups is 6. The highest BCUT2D eigenvalue weighted by molar-refractivity contribution is 5.94. The van der Waals surface area contributed by atoms with Crippen LogP contribution in [-0.4, -0.2) is 89.8 Å². The molecule has 14 heteroatoms. The lowest BCUT2D eigenvalue weighted by atomic mass is 9.90. The average molecular weight is 719 g/mol. The van der Waals surface area contributed by atoms with Gasteiger partial charge in [-0.15, -0.1) is 0 Å². The number of unbranched alkanes of at least 4 members (excludes halogenated alkanes) is 8. The van der Waals surface area contributed by atoms with Gasteiger partial charge in [0.05, 0.1) is 25.2 Å². The molecule has 0 fully saturated rings. The molecule has 0 saturated carbocycles. The number of rotatable bonds is 30. The molecule has 0 bridgehead atoms. The molecular formula is C37H62N6O8. The van der Waals surface area contributed by atoms with Crippen LogP contribution in [0.15, 0.2) is 24.3 Å². The molecule has 0 aromatic heterocycles. The Morgan fingerprint density at radius 1 is 0.784 bits per heavy atom. The standard InChI is InChI=1S/C37H62N6O8/c1-3-34(48)40-20-12-9-7-5-4-6-8-10-15-35(49)41-21-13-11-14-28(33(47)24-42-31(25-44)36(39)50)23-32(46)26(2)43-37(51)30(38)22-27-16-18-29(45)19-17-27/h16-19,26,28,30-31,42,44-45H,3-15,20-25,38H2,1-2H3,(H2,39,50)(H,40,48)(H,41,49)(H,43,51)/t26-,28-,30+,31+/m1/s1. The lowest BCUT2D eigenvalue weighted by molar-refractivity contribution is -0.131. The number of ketones is 2. The van der Waals surface area contributed by atoms with E-state index in [0.29, 0.717) is 38.6 Å². The maximum Gasteiger partial charge on any atom is 0.237 e. The molecule has 10 N–H and O–H groups in total. The summed E-state index contributed by atoms with van der Waals surface area (Å²) in [4.78, 5) is 73.9. The van der Waals surface area contributed by atoms with Gasteiger partial charge >= 0.3 is 0 Å². The Balaban J connectivity index is 2.45. The molecule has 0 saturated heterocycles. The van der Waals surface area contributed by atoms with Crippen LogP contribution in [0.5, 0.6) is 5.75 Å². The van der Waals surface area contributed by atoms with E-state index < -0.39 is 42.5 Å². The Hall–Kier alpha value is -3.88. The normalized spacial score (nSPS) is 13.4. The minimum Gasteiger partial charge on any atom is -0.508 e. The number of phenolic OH excluding ortho intramolecular Hbond substituents is 1. The maximum atomic E-state index is 13.1. The van der Waals surface area contributed by atoms with Crippen molar-refractivity contribution in [2.45, 2.75) is 128 Å². The van der Waals surface area contributed by atoms with Gasteiger partial charge in [0.1, 0.15) is 17.6 Å². The van der Waals surface area contributed by atoms with Crippen LogP contribution in [0.2, 0.25) is 0 Å². The van der Waals surface area contributed by atoms with Gasteiger partial charge in [0.2, 0.25) is 23.6 Å². The van der Waals surface area contributed by atoms with Gasteiger partial charge in [-0.25, -0.2) is 0 Å². The molecule has 0 unspecified atom stereocenters. The molecule has 14 nitrogen and oxygen atoms in total. The molecule has 51 heavy (non-hydrogen) atoms. The lowest BCUT2D eigenvalue weighted by Gasteiger charge is -2.21. The fourth-order valence-electron chi connectivity index (χ4n) is 5.46. The monoisotopic (exact) mass is 718 g/mol. The summed E-state index contributed by atoms with van der Waals surface area (Å²) in [7, 11) is 0. The van der Waals surface area contributed by atoms with Crippen molar-refractivity contribution in [1.29, 1.82) is 0 Å². The van der Waals surface area contributed by atoms with Crippen LogP contribution < -0.4 is 32.7 Å². The number of benzene rings is 1. The summed E-state index contributed by atoms with van der Waals surface area (Å²) in [5.41, 5.74) is 12.0. The second kappa shape index (κ2) is 26.9. The van der Waals surface area contributed by atoms with Crippen molar-refractivity contribution in [2.24, 2.45) is 17.4 Å². The zero-order chi connectivity index (χ0) is 38.0. The van der Waals surface area contributed by atoms with Crippen molar-refractivity contribution in [3.63, 3.8) is 0 Å². The van der Waals surface area contributed by atoms with Gasteiger partial charge in [-0.05, 0) is 56.7 Å². The first-order chi connectivity index (χ1) is 24.4. The Morgan fingerprint density at radius 2 is 1.35 bits per heavy atom. The zero-order valence-electron chi connectivity index (χ0n) is 30.6. The van der Waals surface area contributed by atoms with E-state index in [9.17, 15) is 39.0 Å². The second-order valence-corrected chi connectivity index (χ2v) is 13.2. The van der Waals surface area contributed by atoms with E-state index in [0.717, 1.165) is 63.5 Å². The van der Waals surface area contributed by atoms with Crippen LogP contribution in [0.1, 0.15) is 109 Å². The number of nitrogens with two attached hydrogens (primary N) is 2. The number of Topliss-reactive ketones (excluding diaryl/α,β-unsaturated/α-hetero) is 2. The third kappa shape index (κ3) is 21.2. The van der Waals surface area contributed by atoms with Gasteiger partial charge in [-0.1, -0.05) is 64.0 Å². The van der Waals surface area contributed by atoms with Crippen molar-refractivity contribution in [2.75, 3.05) is 26.2 Å². The molecule has 1 rings (SSSR count). The first-order valence-corrected chi connectivity index (χ1v) is 18.4. The average Bonchev–Trinajstić information content (AvgIpc) is 3.10. The van der Waals surface area contributed by atoms with Crippen molar-refractivity contribution in [3.8, 4) is 5.75 Å². The molecule has 4 atom stereocenters. The second-order valence-electron chi connectivity index (χ2n) is 13.2. The van der Waals surface area contributed by atoms with Gasteiger partial charge < -0.3 is 37.6 Å². The topological polar surface area (TPSA) is 243 Å². The quantitative estimate of drug-likeness (QED) is 0.0535. The minimum absolute atomic E-state index is 0.0224. The number of hydrogen-bond acceptors (Lipinski definition) is 10. The predicted molar refractivity (Wildman–Crippen MR) is 195 cm³/mol. The molecule has 1 aromatic carbocycles. The van der Waals surface area contributed by atoms with Crippen molar-refractivity contribution in [1.82, 2.24) is 21.3 Å². The fourth-order valence-corrected chi connectivity index (χ4v) is 5.46. The first kappa shape index (κ1) is 45.1. The first-order valence-electron chi connectivity index (χ1n) is 18.4. The van der Waals surface area contributed by atoms with E-state index in [4.69, 9.17) is 11.5 Å². The highest BCUT2D eigenvalue weighted by Crippen LogP contribution is 2.17. The van der Waals surface area contributed by atoms with Crippen LogP contribution in [0.3, 0.4) is 0 Å². The summed E-state index contributed by atoms with van der Waals surface area (Å²) in [5, 5.41) is 29.9. The van der Waals surface area contributed by atoms with E-state index in [1.165, 1.54) is 19.1 Å². The van der Waals surface area contributed by atoms with E-state index in [1.54, 1.807) is 12.1 Å². The molecule has 0 heterocycles. The summed E-state index contributed by atoms with van der Waals surface area (Å²) in [6.07, 6.45) is 10.9. The highest BCUT2D eigenvalue weighted by Gasteiger charge is 2.27. The largest absolute Gasteiger partial charge is 0.508 e. The van der Waals surface area contributed by atoms with Gasteiger partial charge in [0, 0.05) is 38.3 Å². The van der Waals surface area contributed by atoms with Crippen LogP contribution in [0, 0.1) is 5.92 Å². The summed E-state index contributed by atoms with van der Waals surface area (Å²) >= 11 is 0. The summed E-state index contributed by atoms with van der Waals surface area (Å²) in [5.74, 6) is -2.60. The molecular weight excluding hydrogens is 656 g/mol. The maximum absolute atomic E-state index is 13.1. The SMILES string of the molecule is CCC(=O)NCCCCCCCCCCC(=O)NCCCC[C@H](CC(=O)[C@@H](C)NC(=O)[C@@H](N)Cc1ccc(O)cc1)C(=O)CN[C@@H](CO)C(N)=O. The van der Waals surface area contributed by atoms with Crippen LogP contribution in [-0.2, 0) is 35.2 Å². The van der Waals surface area contributed by atoms with E-state index in [-0.39, 0.29) is 48.5 Å². The lowest BCUT2D eigenvalue weighted by Crippen LogP contribution is -2.49. The Morgan fingerprint density at radius 3 is 1.94 bits per heavy atom. The predicted octanol–water partition coefficient (Wildman–Crippen LogP) is 1.67. The fraction of sp³-hybridized carbons (Fsp3) is 0.676. The van der Waals surface area contributed by atoms with Crippen LogP contribution in [0.4, 0.5) is 0 Å². The third-order valence-electron chi connectivity index (χ3n) is 8.80. The number of carbonyl (C=O) groups excluding carboxylic acids is 6.